The van der Waals surface area contributed by atoms with Gasteiger partial charge in [0.05, 0.1) is 11.8 Å². The summed E-state index contributed by atoms with van der Waals surface area (Å²) in [6.07, 6.45) is 3.50. The first kappa shape index (κ1) is 13.7. The third-order valence-electron chi connectivity index (χ3n) is 3.49. The normalized spacial score (nSPS) is 20.3. The molecule has 106 valence electrons. The van der Waals surface area contributed by atoms with E-state index in [0.717, 1.165) is 23.4 Å². The quantitative estimate of drug-likeness (QED) is 0.872. The summed E-state index contributed by atoms with van der Waals surface area (Å²) in [6, 6.07) is 9.26. The van der Waals surface area contributed by atoms with Crippen LogP contribution in [0, 0.1) is 0 Å². The molecule has 1 aromatic heterocycles. The fraction of sp³-hybridized carbons (Fsp3) is 0.357. The number of rotatable bonds is 4. The lowest BCUT2D eigenvalue weighted by Crippen LogP contribution is -2.31. The molecule has 1 atom stereocenters. The minimum absolute atomic E-state index is 0.0652. The predicted octanol–water partition coefficient (Wildman–Crippen LogP) is 2.81. The third-order valence-corrected chi connectivity index (χ3v) is 6.22. The summed E-state index contributed by atoms with van der Waals surface area (Å²) in [5.41, 5.74) is 0.831. The van der Waals surface area contributed by atoms with Gasteiger partial charge in [0.15, 0.2) is 0 Å². The van der Waals surface area contributed by atoms with Crippen molar-refractivity contribution in [2.75, 3.05) is 6.54 Å². The van der Waals surface area contributed by atoms with Crippen molar-refractivity contribution in [2.45, 2.75) is 24.6 Å². The SMILES string of the molecule is O=S(=O)(Cc1ccccc1)N1CCCC1c1nccs1. The Bertz CT molecular complexity index is 654. The molecule has 1 aromatic carbocycles. The van der Waals surface area contributed by atoms with Crippen LogP contribution in [-0.2, 0) is 15.8 Å². The fourth-order valence-electron chi connectivity index (χ4n) is 2.59. The molecule has 0 spiro atoms. The summed E-state index contributed by atoms with van der Waals surface area (Å²) in [4.78, 5) is 4.28. The molecule has 1 aliphatic heterocycles. The molecule has 2 aromatic rings. The van der Waals surface area contributed by atoms with Crippen LogP contribution in [0.2, 0.25) is 0 Å². The summed E-state index contributed by atoms with van der Waals surface area (Å²) in [7, 11) is -3.29. The summed E-state index contributed by atoms with van der Waals surface area (Å²) < 4.78 is 26.8. The number of thiazole rings is 1. The second-order valence-electron chi connectivity index (χ2n) is 4.88. The predicted molar refractivity (Wildman–Crippen MR) is 79.9 cm³/mol. The van der Waals surface area contributed by atoms with Crippen LogP contribution in [0.25, 0.3) is 0 Å². The number of hydrogen-bond acceptors (Lipinski definition) is 4. The smallest absolute Gasteiger partial charge is 0.218 e. The molecule has 3 rings (SSSR count). The van der Waals surface area contributed by atoms with E-state index in [1.54, 1.807) is 10.5 Å². The van der Waals surface area contributed by atoms with Gasteiger partial charge in [-0.15, -0.1) is 11.3 Å². The molecular formula is C14H16N2O2S2. The van der Waals surface area contributed by atoms with E-state index in [1.807, 2.05) is 35.7 Å². The van der Waals surface area contributed by atoms with Crippen LogP contribution < -0.4 is 0 Å². The van der Waals surface area contributed by atoms with Crippen LogP contribution in [0.1, 0.15) is 29.5 Å². The van der Waals surface area contributed by atoms with Gasteiger partial charge in [-0.3, -0.25) is 0 Å². The minimum Gasteiger partial charge on any atom is -0.248 e. The van der Waals surface area contributed by atoms with Crippen molar-refractivity contribution in [1.29, 1.82) is 0 Å². The van der Waals surface area contributed by atoms with Gasteiger partial charge in [0.2, 0.25) is 10.0 Å². The van der Waals surface area contributed by atoms with E-state index >= 15 is 0 Å². The van der Waals surface area contributed by atoms with Gasteiger partial charge >= 0.3 is 0 Å². The molecular weight excluding hydrogens is 292 g/mol. The summed E-state index contributed by atoms with van der Waals surface area (Å²) in [5, 5.41) is 2.80. The Labute approximate surface area is 123 Å². The lowest BCUT2D eigenvalue weighted by atomic mass is 10.2. The van der Waals surface area contributed by atoms with Gasteiger partial charge in [-0.05, 0) is 18.4 Å². The zero-order valence-electron chi connectivity index (χ0n) is 11.0. The molecule has 1 fully saturated rings. The van der Waals surface area contributed by atoms with Gasteiger partial charge in [0.1, 0.15) is 5.01 Å². The second-order valence-corrected chi connectivity index (χ2v) is 7.73. The molecule has 0 bridgehead atoms. The maximum Gasteiger partial charge on any atom is 0.218 e. The monoisotopic (exact) mass is 308 g/mol. The average Bonchev–Trinajstić information content (AvgIpc) is 3.10. The van der Waals surface area contributed by atoms with Crippen LogP contribution in [0.4, 0.5) is 0 Å². The lowest BCUT2D eigenvalue weighted by molar-refractivity contribution is 0.395. The van der Waals surface area contributed by atoms with Crippen LogP contribution in [-0.4, -0.2) is 24.3 Å². The van der Waals surface area contributed by atoms with E-state index in [0.29, 0.717) is 6.54 Å². The van der Waals surface area contributed by atoms with Gasteiger partial charge in [0.25, 0.3) is 0 Å². The Hall–Kier alpha value is -1.24. The van der Waals surface area contributed by atoms with E-state index in [-0.39, 0.29) is 11.8 Å². The van der Waals surface area contributed by atoms with Gasteiger partial charge in [-0.1, -0.05) is 30.3 Å². The highest BCUT2D eigenvalue weighted by Crippen LogP contribution is 2.35. The highest BCUT2D eigenvalue weighted by Gasteiger charge is 2.36. The largest absolute Gasteiger partial charge is 0.248 e. The van der Waals surface area contributed by atoms with E-state index < -0.39 is 10.0 Å². The van der Waals surface area contributed by atoms with Crippen molar-refractivity contribution in [3.8, 4) is 0 Å². The van der Waals surface area contributed by atoms with Crippen molar-refractivity contribution in [3.05, 3.63) is 52.5 Å². The lowest BCUT2D eigenvalue weighted by Gasteiger charge is -2.22. The number of aromatic nitrogens is 1. The minimum atomic E-state index is -3.29. The summed E-state index contributed by atoms with van der Waals surface area (Å²) >= 11 is 1.53. The fourth-order valence-corrected chi connectivity index (χ4v) is 5.22. The highest BCUT2D eigenvalue weighted by atomic mass is 32.2. The second kappa shape index (κ2) is 5.63. The van der Waals surface area contributed by atoms with Crippen molar-refractivity contribution in [1.82, 2.24) is 9.29 Å². The topological polar surface area (TPSA) is 50.3 Å². The maximum atomic E-state index is 12.6. The molecule has 1 aliphatic rings. The van der Waals surface area contributed by atoms with Gasteiger partial charge in [-0.25, -0.2) is 13.4 Å². The summed E-state index contributed by atoms with van der Waals surface area (Å²) in [5.74, 6) is 0.0652. The molecule has 1 unspecified atom stereocenters. The standard InChI is InChI=1S/C14H16N2O2S2/c17-20(18,11-12-5-2-1-3-6-12)16-9-4-7-13(16)14-15-8-10-19-14/h1-3,5-6,8,10,13H,4,7,9,11H2. The van der Waals surface area contributed by atoms with Crippen molar-refractivity contribution in [3.63, 3.8) is 0 Å². The zero-order valence-corrected chi connectivity index (χ0v) is 12.6. The Kier molecular flexibility index (Phi) is 3.87. The Morgan fingerprint density at radius 1 is 1.30 bits per heavy atom. The third kappa shape index (κ3) is 2.77. The Balaban J connectivity index is 1.83. The first-order valence-corrected chi connectivity index (χ1v) is 9.08. The van der Waals surface area contributed by atoms with Crippen molar-refractivity contribution >= 4 is 21.4 Å². The van der Waals surface area contributed by atoms with Crippen LogP contribution >= 0.6 is 11.3 Å². The molecule has 0 saturated carbocycles. The van der Waals surface area contributed by atoms with Crippen LogP contribution in [0.15, 0.2) is 41.9 Å². The van der Waals surface area contributed by atoms with E-state index in [1.165, 1.54) is 11.3 Å². The Morgan fingerprint density at radius 3 is 2.80 bits per heavy atom. The first-order valence-electron chi connectivity index (χ1n) is 6.60. The molecule has 0 N–H and O–H groups in total. The molecule has 0 radical (unpaired) electrons. The van der Waals surface area contributed by atoms with Gasteiger partial charge in [-0.2, -0.15) is 4.31 Å². The first-order chi connectivity index (χ1) is 9.67. The highest BCUT2D eigenvalue weighted by molar-refractivity contribution is 7.88. The van der Waals surface area contributed by atoms with Gasteiger partial charge in [0, 0.05) is 18.1 Å². The zero-order chi connectivity index (χ0) is 14.0. The number of nitrogens with zero attached hydrogens (tertiary/aromatic N) is 2. The molecule has 6 heteroatoms. The molecule has 20 heavy (non-hydrogen) atoms. The van der Waals surface area contributed by atoms with Crippen molar-refractivity contribution < 1.29 is 8.42 Å². The molecule has 2 heterocycles. The number of benzene rings is 1. The Morgan fingerprint density at radius 2 is 2.10 bits per heavy atom. The van der Waals surface area contributed by atoms with E-state index in [2.05, 4.69) is 4.98 Å². The molecule has 1 saturated heterocycles. The molecule has 4 nitrogen and oxygen atoms in total. The number of hydrogen-bond donors (Lipinski definition) is 0. The van der Waals surface area contributed by atoms with Crippen molar-refractivity contribution in [2.24, 2.45) is 0 Å². The number of sulfonamides is 1. The molecule has 0 amide bonds. The van der Waals surface area contributed by atoms with Gasteiger partial charge < -0.3 is 0 Å². The average molecular weight is 308 g/mol. The summed E-state index contributed by atoms with van der Waals surface area (Å²) in [6.45, 7) is 0.597. The van der Waals surface area contributed by atoms with Crippen LogP contribution in [0.3, 0.4) is 0 Å². The maximum absolute atomic E-state index is 12.6. The van der Waals surface area contributed by atoms with Crippen LogP contribution in [0.5, 0.6) is 0 Å². The molecule has 0 aliphatic carbocycles. The van der Waals surface area contributed by atoms with E-state index in [4.69, 9.17) is 0 Å². The van der Waals surface area contributed by atoms with E-state index in [9.17, 15) is 8.42 Å².